The van der Waals surface area contributed by atoms with Crippen molar-refractivity contribution in [3.8, 4) is 5.75 Å². The number of allylic oxidation sites excluding steroid dienone is 4. The van der Waals surface area contributed by atoms with E-state index >= 15 is 0 Å². The molecule has 1 nitrogen and oxygen atoms in total. The second-order valence-electron chi connectivity index (χ2n) is 9.67. The minimum absolute atomic E-state index is 0. The topological polar surface area (TPSA) is 20.2 Å². The molecule has 0 saturated heterocycles. The summed E-state index contributed by atoms with van der Waals surface area (Å²) >= 11 is 0. The number of halogens is 2. The van der Waals surface area contributed by atoms with Gasteiger partial charge < -0.3 is 29.9 Å². The van der Waals surface area contributed by atoms with Crippen LogP contribution >= 0.6 is 0 Å². The van der Waals surface area contributed by atoms with Crippen LogP contribution in [0.2, 0.25) is 0 Å². The molecule has 2 rings (SSSR count). The van der Waals surface area contributed by atoms with Crippen molar-refractivity contribution < 1.29 is 51.6 Å². The molecule has 1 aliphatic rings. The first-order valence-electron chi connectivity index (χ1n) is 8.85. The number of hydrogen-bond donors (Lipinski definition) is 1. The van der Waals surface area contributed by atoms with E-state index in [1.165, 1.54) is 5.56 Å². The van der Waals surface area contributed by atoms with Crippen LogP contribution in [0.25, 0.3) is 0 Å². The Kier molecular flexibility index (Phi) is 13.7. The van der Waals surface area contributed by atoms with Crippen LogP contribution in [-0.2, 0) is 38.0 Å². The van der Waals surface area contributed by atoms with Gasteiger partial charge in [-0.2, -0.15) is 6.08 Å². The molecule has 1 N–H and O–H groups in total. The fourth-order valence-electron chi connectivity index (χ4n) is 2.55. The summed E-state index contributed by atoms with van der Waals surface area (Å²) in [6.07, 6.45) is 10.0. The second-order valence-corrected chi connectivity index (χ2v) is 9.67. The molecule has 0 aliphatic heterocycles. The van der Waals surface area contributed by atoms with Gasteiger partial charge in [0.25, 0.3) is 0 Å². The molecule has 154 valence electrons. The van der Waals surface area contributed by atoms with E-state index in [-0.39, 0.29) is 62.8 Å². The molecule has 0 bridgehead atoms. The van der Waals surface area contributed by atoms with Crippen LogP contribution in [0.15, 0.2) is 30.4 Å². The van der Waals surface area contributed by atoms with Crippen molar-refractivity contribution in [2.75, 3.05) is 0 Å². The summed E-state index contributed by atoms with van der Waals surface area (Å²) < 4.78 is 0. The Morgan fingerprint density at radius 2 is 1.19 bits per heavy atom. The molecular formula is C23H35Cl2OTi-3. The minimum atomic E-state index is -0.0503. The summed E-state index contributed by atoms with van der Waals surface area (Å²) in [6.45, 7) is 19.6. The SMILES string of the molecule is CC(C)(C)c1cc(C(C)(C)C)c(O)c(C(C)(C)C)c1.[C-]1=CC=CC1.[Cl-].[Cl-].[Ti]. The second kappa shape index (κ2) is 11.7. The zero-order chi connectivity index (χ0) is 18.8. The molecule has 0 spiro atoms. The van der Waals surface area contributed by atoms with Gasteiger partial charge in [-0.1, -0.05) is 74.4 Å². The van der Waals surface area contributed by atoms with E-state index in [1.54, 1.807) is 0 Å². The van der Waals surface area contributed by atoms with Gasteiger partial charge in [-0.15, -0.1) is 6.42 Å². The third-order valence-electron chi connectivity index (χ3n) is 4.18. The van der Waals surface area contributed by atoms with Crippen molar-refractivity contribution in [3.63, 3.8) is 0 Å². The molecule has 0 amide bonds. The van der Waals surface area contributed by atoms with E-state index in [0.29, 0.717) is 5.75 Å². The van der Waals surface area contributed by atoms with Crippen LogP contribution in [0.4, 0.5) is 0 Å². The maximum atomic E-state index is 10.7. The molecule has 0 radical (unpaired) electrons. The first-order valence-corrected chi connectivity index (χ1v) is 8.85. The number of rotatable bonds is 0. The van der Waals surface area contributed by atoms with Crippen molar-refractivity contribution in [2.24, 2.45) is 0 Å². The Hall–Kier alpha value is -0.206. The van der Waals surface area contributed by atoms with Crippen LogP contribution in [0.1, 0.15) is 85.4 Å². The van der Waals surface area contributed by atoms with Gasteiger partial charge in [0.1, 0.15) is 5.75 Å². The monoisotopic (exact) mass is 445 g/mol. The van der Waals surface area contributed by atoms with Crippen LogP contribution in [0.5, 0.6) is 5.75 Å². The fourth-order valence-corrected chi connectivity index (χ4v) is 2.55. The van der Waals surface area contributed by atoms with Gasteiger partial charge in [0.2, 0.25) is 0 Å². The molecule has 27 heavy (non-hydrogen) atoms. The quantitative estimate of drug-likeness (QED) is 0.457. The van der Waals surface area contributed by atoms with Gasteiger partial charge >= 0.3 is 0 Å². The molecule has 0 saturated carbocycles. The Bertz CT molecular complexity index is 582. The Labute approximate surface area is 194 Å². The molecule has 4 heteroatoms. The van der Waals surface area contributed by atoms with Crippen molar-refractivity contribution in [1.29, 1.82) is 0 Å². The number of benzene rings is 1. The van der Waals surface area contributed by atoms with E-state index in [1.807, 2.05) is 12.2 Å². The molecule has 1 aromatic carbocycles. The molecule has 0 heterocycles. The summed E-state index contributed by atoms with van der Waals surface area (Å²) in [5.74, 6) is 0.466. The van der Waals surface area contributed by atoms with Gasteiger partial charge in [-0.05, 0) is 32.9 Å². The summed E-state index contributed by atoms with van der Waals surface area (Å²) in [7, 11) is 0. The standard InChI is InChI=1S/C18H30O.C5H5.2ClH.Ti/c1-16(2,3)12-10-13(17(4,5)6)15(19)14(11-12)18(7,8)9;1-2-4-5-3-1;;;/h10-11,19H,1-9H3;1-3H,4H2;2*1H;/q;-1;;;/p-2. The molecule has 0 atom stereocenters. The first-order chi connectivity index (χ1) is 10.7. The number of aromatic hydroxyl groups is 1. The Balaban J connectivity index is -0.000000625. The molecule has 0 aromatic heterocycles. The third kappa shape index (κ3) is 9.70. The first kappa shape index (κ1) is 31.5. The van der Waals surface area contributed by atoms with Crippen molar-refractivity contribution in [2.45, 2.75) is 85.0 Å². The van der Waals surface area contributed by atoms with E-state index in [9.17, 15) is 5.11 Å². The molecular weight excluding hydrogens is 411 g/mol. The van der Waals surface area contributed by atoms with Crippen molar-refractivity contribution in [1.82, 2.24) is 0 Å². The molecule has 0 fully saturated rings. The number of phenols is 1. The fraction of sp³-hybridized carbons (Fsp3) is 0.565. The molecule has 1 aliphatic carbocycles. The predicted molar refractivity (Wildman–Crippen MR) is 106 cm³/mol. The molecule has 0 unspecified atom stereocenters. The van der Waals surface area contributed by atoms with Gasteiger partial charge in [0.15, 0.2) is 0 Å². The normalized spacial score (nSPS) is 12.9. The smallest absolute Gasteiger partial charge is 0.123 e. The number of hydrogen-bond acceptors (Lipinski definition) is 1. The van der Waals surface area contributed by atoms with Crippen LogP contribution < -0.4 is 24.8 Å². The van der Waals surface area contributed by atoms with Gasteiger partial charge in [0, 0.05) is 21.7 Å². The van der Waals surface area contributed by atoms with Crippen LogP contribution in [0.3, 0.4) is 0 Å². The Morgan fingerprint density at radius 3 is 1.37 bits per heavy atom. The van der Waals surface area contributed by atoms with Crippen molar-refractivity contribution in [3.05, 3.63) is 53.1 Å². The van der Waals surface area contributed by atoms with Crippen molar-refractivity contribution >= 4 is 0 Å². The van der Waals surface area contributed by atoms with Gasteiger partial charge in [-0.25, -0.2) is 12.2 Å². The third-order valence-corrected chi connectivity index (χ3v) is 4.18. The largest absolute Gasteiger partial charge is 1.00 e. The molecule has 1 aromatic rings. The zero-order valence-corrected chi connectivity index (χ0v) is 21.4. The van der Waals surface area contributed by atoms with Crippen LogP contribution in [-0.4, -0.2) is 5.11 Å². The minimum Gasteiger partial charge on any atom is -1.00 e. The average molecular weight is 446 g/mol. The van der Waals surface area contributed by atoms with Gasteiger partial charge in [-0.3, -0.25) is 6.08 Å². The van der Waals surface area contributed by atoms with E-state index in [4.69, 9.17) is 0 Å². The summed E-state index contributed by atoms with van der Waals surface area (Å²) in [5, 5.41) is 10.7. The average Bonchev–Trinajstić information content (AvgIpc) is 2.93. The van der Waals surface area contributed by atoms with Crippen LogP contribution in [0, 0.1) is 6.08 Å². The predicted octanol–water partition coefficient (Wildman–Crippen LogP) is 0.596. The summed E-state index contributed by atoms with van der Waals surface area (Å²) in [5.41, 5.74) is 3.37. The Morgan fingerprint density at radius 1 is 0.778 bits per heavy atom. The maximum Gasteiger partial charge on any atom is 0.123 e. The maximum absolute atomic E-state index is 10.7. The van der Waals surface area contributed by atoms with E-state index in [0.717, 1.165) is 17.5 Å². The number of phenolic OH excluding ortho intramolecular Hbond substituents is 1. The van der Waals surface area contributed by atoms with E-state index in [2.05, 4.69) is 86.6 Å². The van der Waals surface area contributed by atoms with Gasteiger partial charge in [0.05, 0.1) is 0 Å². The summed E-state index contributed by atoms with van der Waals surface area (Å²) in [6, 6.07) is 4.34. The van der Waals surface area contributed by atoms with E-state index < -0.39 is 0 Å². The zero-order valence-electron chi connectivity index (χ0n) is 18.3. The summed E-state index contributed by atoms with van der Waals surface area (Å²) in [4.78, 5) is 0.